The summed E-state index contributed by atoms with van der Waals surface area (Å²) in [6.07, 6.45) is 4.40. The molecule has 4 heterocycles. The summed E-state index contributed by atoms with van der Waals surface area (Å²) >= 11 is 1.86. The second kappa shape index (κ2) is 2.65. The lowest BCUT2D eigenvalue weighted by Crippen LogP contribution is -2.44. The van der Waals surface area contributed by atoms with E-state index in [1.807, 2.05) is 11.3 Å². The van der Waals surface area contributed by atoms with E-state index in [1.165, 1.54) is 24.1 Å². The molecule has 3 fully saturated rings. The number of nitrogens with zero attached hydrogens (tertiary/aromatic N) is 1. The largest absolute Gasteiger partial charge is 0.358 e. The smallest absolute Gasteiger partial charge is 0.132 e. The highest BCUT2D eigenvalue weighted by atomic mass is 32.1. The predicted molar refractivity (Wildman–Crippen MR) is 60.1 cm³/mol. The van der Waals surface area contributed by atoms with Crippen molar-refractivity contribution in [1.29, 1.82) is 0 Å². The van der Waals surface area contributed by atoms with Crippen molar-refractivity contribution < 1.29 is 4.74 Å². The fraction of sp³-hybridized carbons (Fsp3) is 0.667. The summed E-state index contributed by atoms with van der Waals surface area (Å²) in [6, 6.07) is 5.84. The van der Waals surface area contributed by atoms with E-state index >= 15 is 0 Å². The zero-order chi connectivity index (χ0) is 10.0. The maximum Gasteiger partial charge on any atom is 0.132 e. The second-order valence-electron chi connectivity index (χ2n) is 5.07. The molecule has 80 valence electrons. The Balaban J connectivity index is 1.74. The van der Waals surface area contributed by atoms with E-state index in [1.54, 1.807) is 0 Å². The minimum Gasteiger partial charge on any atom is -0.358 e. The van der Waals surface area contributed by atoms with Gasteiger partial charge in [-0.3, -0.25) is 4.90 Å². The van der Waals surface area contributed by atoms with Crippen molar-refractivity contribution in [3.63, 3.8) is 0 Å². The molecule has 0 aromatic carbocycles. The number of piperidine rings is 1. The number of thiophene rings is 1. The van der Waals surface area contributed by atoms with E-state index in [0.29, 0.717) is 12.1 Å². The first-order valence-corrected chi connectivity index (χ1v) is 6.63. The Labute approximate surface area is 93.8 Å². The summed E-state index contributed by atoms with van der Waals surface area (Å²) < 4.78 is 6.08. The molecule has 0 amide bonds. The minimum absolute atomic E-state index is 0.131. The van der Waals surface area contributed by atoms with Crippen LogP contribution in [0.25, 0.3) is 0 Å². The Hall–Kier alpha value is -0.380. The topological polar surface area (TPSA) is 15.8 Å². The average molecular weight is 221 g/mol. The number of fused-ring (bicyclic) bond motifs is 4. The first kappa shape index (κ1) is 8.74. The fourth-order valence-corrected chi connectivity index (χ4v) is 4.47. The van der Waals surface area contributed by atoms with Crippen LogP contribution in [0.5, 0.6) is 0 Å². The van der Waals surface area contributed by atoms with Crippen LogP contribution >= 0.6 is 11.3 Å². The third-order valence-electron chi connectivity index (χ3n) is 4.46. The third kappa shape index (κ3) is 0.967. The van der Waals surface area contributed by atoms with Crippen molar-refractivity contribution >= 4 is 11.3 Å². The van der Waals surface area contributed by atoms with Gasteiger partial charge in [-0.2, -0.15) is 0 Å². The maximum absolute atomic E-state index is 6.08. The first-order valence-electron chi connectivity index (χ1n) is 5.75. The van der Waals surface area contributed by atoms with E-state index in [9.17, 15) is 0 Å². The molecule has 0 N–H and O–H groups in total. The molecule has 4 rings (SSSR count). The van der Waals surface area contributed by atoms with Gasteiger partial charge >= 0.3 is 0 Å². The highest BCUT2D eigenvalue weighted by Gasteiger charge is 2.68. The number of hydrogen-bond donors (Lipinski definition) is 0. The molecule has 0 saturated carbocycles. The third-order valence-corrected chi connectivity index (χ3v) is 5.49. The molecule has 3 saturated heterocycles. The first-order chi connectivity index (χ1) is 7.31. The van der Waals surface area contributed by atoms with Crippen LogP contribution < -0.4 is 0 Å². The summed E-state index contributed by atoms with van der Waals surface area (Å²) in [4.78, 5) is 4.00. The fourth-order valence-electron chi connectivity index (χ4n) is 3.57. The van der Waals surface area contributed by atoms with E-state index in [4.69, 9.17) is 4.74 Å². The Morgan fingerprint density at radius 1 is 1.53 bits per heavy atom. The van der Waals surface area contributed by atoms with Crippen LogP contribution in [0.1, 0.15) is 24.1 Å². The minimum atomic E-state index is 0.131. The van der Waals surface area contributed by atoms with Gasteiger partial charge in [-0.25, -0.2) is 0 Å². The Morgan fingerprint density at radius 3 is 3.27 bits per heavy atom. The Kier molecular flexibility index (Phi) is 1.54. The van der Waals surface area contributed by atoms with E-state index in [0.717, 1.165) is 6.04 Å². The average Bonchev–Trinajstić information content (AvgIpc) is 2.58. The molecule has 2 bridgehead atoms. The summed E-state index contributed by atoms with van der Waals surface area (Å²) in [7, 11) is 2.27. The lowest BCUT2D eigenvalue weighted by molar-refractivity contribution is 0.178. The molecule has 0 aliphatic carbocycles. The van der Waals surface area contributed by atoms with Gasteiger partial charge in [0.2, 0.25) is 0 Å². The predicted octanol–water partition coefficient (Wildman–Crippen LogP) is 2.21. The number of rotatable bonds is 1. The van der Waals surface area contributed by atoms with Crippen LogP contribution in [0.4, 0.5) is 0 Å². The molecule has 3 aliphatic rings. The van der Waals surface area contributed by atoms with Crippen molar-refractivity contribution in [1.82, 2.24) is 4.90 Å². The molecular weight excluding hydrogens is 206 g/mol. The normalized spacial score (nSPS) is 47.9. The molecule has 2 nitrogen and oxygen atoms in total. The van der Waals surface area contributed by atoms with Crippen LogP contribution in [0.15, 0.2) is 17.5 Å². The van der Waals surface area contributed by atoms with Crippen LogP contribution in [0.2, 0.25) is 0 Å². The van der Waals surface area contributed by atoms with Crippen LogP contribution in [0.3, 0.4) is 0 Å². The molecule has 3 unspecified atom stereocenters. The lowest BCUT2D eigenvalue weighted by Gasteiger charge is -2.32. The molecule has 0 radical (unpaired) electrons. The number of ether oxygens (including phenoxy) is 1. The standard InChI is InChI=1S/C12H15NOS/c1-13-8-4-5-9(13)11-12(7-8,14-11)10-3-2-6-15-10/h2-3,6,8-9,11H,4-5,7H2,1H3/t8?,9?,11?,12-/m1/s1. The van der Waals surface area contributed by atoms with Gasteiger partial charge in [-0.1, -0.05) is 6.07 Å². The van der Waals surface area contributed by atoms with Crippen molar-refractivity contribution in [3.8, 4) is 0 Å². The highest BCUT2D eigenvalue weighted by Crippen LogP contribution is 2.60. The van der Waals surface area contributed by atoms with Gasteiger partial charge in [0.25, 0.3) is 0 Å². The van der Waals surface area contributed by atoms with Crippen LogP contribution in [-0.4, -0.2) is 30.1 Å². The Morgan fingerprint density at radius 2 is 2.47 bits per heavy atom. The van der Waals surface area contributed by atoms with Gasteiger partial charge in [-0.05, 0) is 37.8 Å². The number of likely N-dealkylation sites (N-methyl/N-ethyl adjacent to an activating group) is 1. The van der Waals surface area contributed by atoms with Crippen molar-refractivity contribution in [2.24, 2.45) is 0 Å². The van der Waals surface area contributed by atoms with Gasteiger partial charge in [0.05, 0.1) is 0 Å². The molecule has 3 aliphatic heterocycles. The van der Waals surface area contributed by atoms with Crippen molar-refractivity contribution in [2.45, 2.75) is 43.1 Å². The molecule has 1 aromatic rings. The van der Waals surface area contributed by atoms with Gasteiger partial charge < -0.3 is 4.74 Å². The van der Waals surface area contributed by atoms with Crippen LogP contribution in [0, 0.1) is 0 Å². The summed E-state index contributed by atoms with van der Waals surface area (Å²) in [5, 5.41) is 2.17. The highest BCUT2D eigenvalue weighted by molar-refractivity contribution is 7.10. The van der Waals surface area contributed by atoms with E-state index in [-0.39, 0.29) is 5.60 Å². The lowest BCUT2D eigenvalue weighted by atomic mass is 9.90. The van der Waals surface area contributed by atoms with Crippen molar-refractivity contribution in [2.75, 3.05) is 7.05 Å². The molecule has 15 heavy (non-hydrogen) atoms. The Bertz CT molecular complexity index is 390. The van der Waals surface area contributed by atoms with Crippen molar-refractivity contribution in [3.05, 3.63) is 22.4 Å². The molecule has 3 heteroatoms. The number of epoxide rings is 1. The maximum atomic E-state index is 6.08. The van der Waals surface area contributed by atoms with E-state index < -0.39 is 0 Å². The summed E-state index contributed by atoms with van der Waals surface area (Å²) in [5.41, 5.74) is 0.131. The zero-order valence-electron chi connectivity index (χ0n) is 8.85. The van der Waals surface area contributed by atoms with Gasteiger partial charge in [0.15, 0.2) is 0 Å². The van der Waals surface area contributed by atoms with Crippen LogP contribution in [-0.2, 0) is 10.3 Å². The van der Waals surface area contributed by atoms with Gasteiger partial charge in [0, 0.05) is 17.0 Å². The number of hydrogen-bond acceptors (Lipinski definition) is 3. The molecule has 1 aromatic heterocycles. The molecule has 4 atom stereocenters. The molecular formula is C12H15NOS. The monoisotopic (exact) mass is 221 g/mol. The second-order valence-corrected chi connectivity index (χ2v) is 6.02. The van der Waals surface area contributed by atoms with Gasteiger partial charge in [0.1, 0.15) is 11.7 Å². The van der Waals surface area contributed by atoms with E-state index in [2.05, 4.69) is 29.5 Å². The SMILES string of the molecule is CN1C2CCC1C1O[C@@]1(c1cccs1)C2. The zero-order valence-corrected chi connectivity index (χ0v) is 9.67. The summed E-state index contributed by atoms with van der Waals surface area (Å²) in [5.74, 6) is 0. The summed E-state index contributed by atoms with van der Waals surface area (Å²) in [6.45, 7) is 0. The molecule has 0 spiro atoms. The quantitative estimate of drug-likeness (QED) is 0.676. The van der Waals surface area contributed by atoms with Gasteiger partial charge in [-0.15, -0.1) is 11.3 Å².